The molecule has 1 aliphatic rings. The van der Waals surface area contributed by atoms with Crippen LogP contribution in [0.2, 0.25) is 0 Å². The summed E-state index contributed by atoms with van der Waals surface area (Å²) in [6.45, 7) is 5.94. The zero-order valence-corrected chi connectivity index (χ0v) is 19.2. The smallest absolute Gasteiger partial charge is 0.193 e. The number of aromatic nitrogens is 1. The minimum absolute atomic E-state index is 0. The van der Waals surface area contributed by atoms with Gasteiger partial charge in [-0.15, -0.1) is 24.0 Å². The second-order valence-electron chi connectivity index (χ2n) is 6.03. The number of guanidine groups is 1. The Labute approximate surface area is 185 Å². The molecular formula is C18H25BrIN5O2. The number of nitrogens with one attached hydrogen (secondary N) is 1. The molecule has 0 atom stereocenters. The van der Waals surface area contributed by atoms with Crippen molar-refractivity contribution in [2.24, 2.45) is 4.99 Å². The molecular weight excluding hydrogens is 525 g/mol. The lowest BCUT2D eigenvalue weighted by molar-refractivity contribution is 0.168. The molecule has 1 N–H and O–H groups in total. The normalized spacial score (nSPS) is 15.3. The number of hydrogen-bond donors (Lipinski definition) is 1. The van der Waals surface area contributed by atoms with Gasteiger partial charge in [0.05, 0.1) is 12.2 Å². The molecule has 148 valence electrons. The second-order valence-corrected chi connectivity index (χ2v) is 6.95. The third kappa shape index (κ3) is 6.96. The Morgan fingerprint density at radius 2 is 2.11 bits per heavy atom. The molecule has 0 bridgehead atoms. The fourth-order valence-electron chi connectivity index (χ4n) is 2.89. The van der Waals surface area contributed by atoms with Crippen LogP contribution in [0, 0.1) is 0 Å². The first-order valence-electron chi connectivity index (χ1n) is 8.70. The van der Waals surface area contributed by atoms with Gasteiger partial charge in [0.15, 0.2) is 5.96 Å². The zero-order chi connectivity index (χ0) is 18.2. The average molecular weight is 550 g/mol. The van der Waals surface area contributed by atoms with Crippen LogP contribution in [0.3, 0.4) is 0 Å². The topological polar surface area (TPSA) is 66.1 Å². The van der Waals surface area contributed by atoms with Crippen LogP contribution < -0.4 is 10.1 Å². The highest BCUT2D eigenvalue weighted by Crippen LogP contribution is 2.17. The molecule has 0 spiro atoms. The van der Waals surface area contributed by atoms with Gasteiger partial charge in [-0.3, -0.25) is 9.89 Å². The van der Waals surface area contributed by atoms with Crippen LogP contribution in [0.25, 0.3) is 0 Å². The van der Waals surface area contributed by atoms with E-state index in [1.807, 2.05) is 37.4 Å². The van der Waals surface area contributed by atoms with Crippen molar-refractivity contribution in [1.82, 2.24) is 20.3 Å². The summed E-state index contributed by atoms with van der Waals surface area (Å²) in [7, 11) is 1.82. The Morgan fingerprint density at radius 1 is 1.30 bits per heavy atom. The molecule has 0 saturated carbocycles. The SMILES string of the molecule is CN=C(NCCOc1cccc(Br)c1)N1CCN(Cc2ccon2)CC1.I. The van der Waals surface area contributed by atoms with Crippen LogP contribution in [0.1, 0.15) is 5.69 Å². The van der Waals surface area contributed by atoms with E-state index in [0.29, 0.717) is 13.2 Å². The molecule has 3 rings (SSSR count). The lowest BCUT2D eigenvalue weighted by Gasteiger charge is -2.36. The Bertz CT molecular complexity index is 706. The molecule has 9 heteroatoms. The van der Waals surface area contributed by atoms with Crippen LogP contribution in [-0.2, 0) is 6.54 Å². The Kier molecular flexibility index (Phi) is 9.35. The van der Waals surface area contributed by atoms with Gasteiger partial charge in [0.1, 0.15) is 18.6 Å². The summed E-state index contributed by atoms with van der Waals surface area (Å²) in [4.78, 5) is 9.04. The molecule has 7 nitrogen and oxygen atoms in total. The summed E-state index contributed by atoms with van der Waals surface area (Å²) in [5.41, 5.74) is 0.977. The maximum atomic E-state index is 5.75. The molecule has 1 saturated heterocycles. The molecule has 1 fully saturated rings. The van der Waals surface area contributed by atoms with Gasteiger partial charge < -0.3 is 19.5 Å². The standard InChI is InChI=1S/C18H24BrN5O2.HI/c1-20-18(21-6-12-25-17-4-2-3-15(19)13-17)24-9-7-23(8-10-24)14-16-5-11-26-22-16;/h2-5,11,13H,6-10,12,14H2,1H3,(H,20,21);1H. The lowest BCUT2D eigenvalue weighted by atomic mass is 10.3. The fourth-order valence-corrected chi connectivity index (χ4v) is 3.27. The lowest BCUT2D eigenvalue weighted by Crippen LogP contribution is -2.52. The first kappa shape index (κ1) is 22.0. The van der Waals surface area contributed by atoms with Crippen molar-refractivity contribution in [2.45, 2.75) is 6.54 Å². The summed E-state index contributed by atoms with van der Waals surface area (Å²) in [6, 6.07) is 9.77. The summed E-state index contributed by atoms with van der Waals surface area (Å²) >= 11 is 3.45. The monoisotopic (exact) mass is 549 g/mol. The van der Waals surface area contributed by atoms with Crippen molar-refractivity contribution in [1.29, 1.82) is 0 Å². The van der Waals surface area contributed by atoms with E-state index < -0.39 is 0 Å². The Morgan fingerprint density at radius 3 is 2.78 bits per heavy atom. The number of rotatable bonds is 6. The quantitative estimate of drug-likeness (QED) is 0.259. The third-order valence-electron chi connectivity index (χ3n) is 4.21. The van der Waals surface area contributed by atoms with Gasteiger partial charge in [-0.1, -0.05) is 27.2 Å². The molecule has 27 heavy (non-hydrogen) atoms. The number of halogens is 2. The number of benzene rings is 1. The number of nitrogens with zero attached hydrogens (tertiary/aromatic N) is 4. The highest BCUT2D eigenvalue weighted by molar-refractivity contribution is 14.0. The number of aliphatic imine (C=N–C) groups is 1. The predicted octanol–water partition coefficient (Wildman–Crippen LogP) is 2.83. The molecule has 1 aromatic carbocycles. The van der Waals surface area contributed by atoms with Crippen molar-refractivity contribution >= 4 is 45.9 Å². The van der Waals surface area contributed by atoms with Gasteiger partial charge in [0.25, 0.3) is 0 Å². The van der Waals surface area contributed by atoms with E-state index in [2.05, 4.69) is 41.2 Å². The molecule has 1 aromatic heterocycles. The highest BCUT2D eigenvalue weighted by atomic mass is 127. The average Bonchev–Trinajstić information content (AvgIpc) is 3.16. The van der Waals surface area contributed by atoms with E-state index in [1.54, 1.807) is 6.26 Å². The summed E-state index contributed by atoms with van der Waals surface area (Å²) in [6.07, 6.45) is 1.62. The molecule has 0 radical (unpaired) electrons. The van der Waals surface area contributed by atoms with Crippen LogP contribution in [0.5, 0.6) is 5.75 Å². The highest BCUT2D eigenvalue weighted by Gasteiger charge is 2.20. The maximum Gasteiger partial charge on any atom is 0.193 e. The van der Waals surface area contributed by atoms with Crippen molar-refractivity contribution in [2.75, 3.05) is 46.4 Å². The van der Waals surface area contributed by atoms with Crippen LogP contribution in [0.15, 0.2) is 50.6 Å². The van der Waals surface area contributed by atoms with E-state index in [1.165, 1.54) is 0 Å². The van der Waals surface area contributed by atoms with Gasteiger partial charge in [-0.05, 0) is 18.2 Å². The fraction of sp³-hybridized carbons (Fsp3) is 0.444. The summed E-state index contributed by atoms with van der Waals surface area (Å²) < 4.78 is 11.7. The van der Waals surface area contributed by atoms with E-state index in [0.717, 1.165) is 54.6 Å². The van der Waals surface area contributed by atoms with E-state index in [4.69, 9.17) is 9.26 Å². The summed E-state index contributed by atoms with van der Waals surface area (Å²) in [5, 5.41) is 7.36. The number of ether oxygens (including phenoxy) is 1. The van der Waals surface area contributed by atoms with Crippen molar-refractivity contribution in [3.63, 3.8) is 0 Å². The molecule has 2 aromatic rings. The van der Waals surface area contributed by atoms with Crippen LogP contribution >= 0.6 is 39.9 Å². The van der Waals surface area contributed by atoms with Crippen LogP contribution in [0.4, 0.5) is 0 Å². The maximum absolute atomic E-state index is 5.75. The molecule has 0 amide bonds. The largest absolute Gasteiger partial charge is 0.492 e. The van der Waals surface area contributed by atoms with Crippen molar-refractivity contribution in [3.8, 4) is 5.75 Å². The van der Waals surface area contributed by atoms with Gasteiger partial charge in [-0.2, -0.15) is 0 Å². The second kappa shape index (κ2) is 11.5. The van der Waals surface area contributed by atoms with E-state index in [9.17, 15) is 0 Å². The minimum atomic E-state index is 0. The number of piperazine rings is 1. The van der Waals surface area contributed by atoms with Gasteiger partial charge >= 0.3 is 0 Å². The van der Waals surface area contributed by atoms with Gasteiger partial charge in [0.2, 0.25) is 0 Å². The Balaban J connectivity index is 0.00000261. The first-order chi connectivity index (χ1) is 12.7. The van der Waals surface area contributed by atoms with E-state index >= 15 is 0 Å². The molecule has 1 aliphatic heterocycles. The molecule has 0 unspecified atom stereocenters. The molecule has 2 heterocycles. The summed E-state index contributed by atoms with van der Waals surface area (Å²) in [5.74, 6) is 1.78. The molecule has 0 aliphatic carbocycles. The predicted molar refractivity (Wildman–Crippen MR) is 120 cm³/mol. The van der Waals surface area contributed by atoms with Gasteiger partial charge in [0, 0.05) is 50.3 Å². The zero-order valence-electron chi connectivity index (χ0n) is 15.3. The van der Waals surface area contributed by atoms with Crippen molar-refractivity contribution < 1.29 is 9.26 Å². The van der Waals surface area contributed by atoms with E-state index in [-0.39, 0.29) is 24.0 Å². The number of hydrogen-bond acceptors (Lipinski definition) is 5. The minimum Gasteiger partial charge on any atom is -0.492 e. The van der Waals surface area contributed by atoms with Crippen molar-refractivity contribution in [3.05, 3.63) is 46.8 Å². The van der Waals surface area contributed by atoms with Gasteiger partial charge in [-0.25, -0.2) is 0 Å². The first-order valence-corrected chi connectivity index (χ1v) is 9.49. The Hall–Kier alpha value is -1.33. The third-order valence-corrected chi connectivity index (χ3v) is 4.70. The van der Waals surface area contributed by atoms with Crippen LogP contribution in [-0.4, -0.2) is 67.3 Å².